The van der Waals surface area contributed by atoms with E-state index in [1.807, 2.05) is 0 Å². The number of nitrogens with one attached hydrogen (secondary N) is 2. The van der Waals surface area contributed by atoms with Gasteiger partial charge in [0.25, 0.3) is 5.56 Å². The second-order valence-corrected chi connectivity index (χ2v) is 2.71. The number of carbonyl (C=O) groups is 1. The monoisotopic (exact) mass is 213 g/mol. The molecule has 1 rings (SSSR count). The number of carboxylic acid groups (broad SMARTS) is 1. The SMILES string of the molecule is COC(CNc1ncc[nH]c1=O)C(=O)O. The van der Waals surface area contributed by atoms with Gasteiger partial charge in [-0.25, -0.2) is 9.78 Å². The van der Waals surface area contributed by atoms with Gasteiger partial charge in [0.05, 0.1) is 6.54 Å². The van der Waals surface area contributed by atoms with Crippen molar-refractivity contribution >= 4 is 11.8 Å². The maximum absolute atomic E-state index is 11.1. The molecule has 0 fully saturated rings. The van der Waals surface area contributed by atoms with Crippen molar-refractivity contribution in [1.29, 1.82) is 0 Å². The van der Waals surface area contributed by atoms with Crippen LogP contribution in [0.15, 0.2) is 17.2 Å². The van der Waals surface area contributed by atoms with E-state index in [-0.39, 0.29) is 12.4 Å². The summed E-state index contributed by atoms with van der Waals surface area (Å²) >= 11 is 0. The standard InChI is InChI=1S/C8H11N3O4/c1-15-5(8(13)14)4-11-6-7(12)10-3-2-9-6/h2-3,5H,4H2,1H3,(H,9,11)(H,10,12)(H,13,14). The fraction of sp³-hybridized carbons (Fsp3) is 0.375. The molecule has 0 saturated carbocycles. The molecule has 0 aromatic carbocycles. The maximum atomic E-state index is 11.1. The number of hydrogen-bond acceptors (Lipinski definition) is 5. The average molecular weight is 213 g/mol. The molecular weight excluding hydrogens is 202 g/mol. The van der Waals surface area contributed by atoms with Crippen LogP contribution in [0.2, 0.25) is 0 Å². The Kier molecular flexibility index (Phi) is 3.81. The quantitative estimate of drug-likeness (QED) is 0.596. The zero-order valence-electron chi connectivity index (χ0n) is 8.06. The van der Waals surface area contributed by atoms with Crippen LogP contribution in [-0.4, -0.2) is 40.8 Å². The smallest absolute Gasteiger partial charge is 0.334 e. The Labute approximate surface area is 85.1 Å². The van der Waals surface area contributed by atoms with Gasteiger partial charge in [0.1, 0.15) is 0 Å². The van der Waals surface area contributed by atoms with E-state index in [0.717, 1.165) is 0 Å². The van der Waals surface area contributed by atoms with Crippen LogP contribution in [0.25, 0.3) is 0 Å². The molecule has 0 spiro atoms. The molecule has 1 heterocycles. The number of ether oxygens (including phenoxy) is 1. The molecule has 1 aromatic rings. The predicted molar refractivity (Wildman–Crippen MR) is 51.8 cm³/mol. The number of anilines is 1. The van der Waals surface area contributed by atoms with Crippen molar-refractivity contribution in [2.24, 2.45) is 0 Å². The Morgan fingerprint density at radius 2 is 2.53 bits per heavy atom. The van der Waals surface area contributed by atoms with E-state index in [0.29, 0.717) is 0 Å². The Morgan fingerprint density at radius 1 is 1.80 bits per heavy atom. The van der Waals surface area contributed by atoms with Crippen LogP contribution in [0.5, 0.6) is 0 Å². The first kappa shape index (κ1) is 11.2. The minimum absolute atomic E-state index is 0.0219. The molecule has 0 saturated heterocycles. The summed E-state index contributed by atoms with van der Waals surface area (Å²) in [5, 5.41) is 11.2. The summed E-state index contributed by atoms with van der Waals surface area (Å²) in [4.78, 5) is 27.8. The van der Waals surface area contributed by atoms with Gasteiger partial charge in [-0.3, -0.25) is 4.79 Å². The van der Waals surface area contributed by atoms with Crippen molar-refractivity contribution < 1.29 is 14.6 Å². The minimum Gasteiger partial charge on any atom is -0.479 e. The Bertz CT molecular complexity index is 389. The molecule has 0 aliphatic rings. The van der Waals surface area contributed by atoms with Crippen molar-refractivity contribution in [1.82, 2.24) is 9.97 Å². The minimum atomic E-state index is -1.10. The number of nitrogens with zero attached hydrogens (tertiary/aromatic N) is 1. The fourth-order valence-electron chi connectivity index (χ4n) is 0.939. The predicted octanol–water partition coefficient (Wildman–Crippen LogP) is -0.719. The van der Waals surface area contributed by atoms with Crippen molar-refractivity contribution in [3.8, 4) is 0 Å². The lowest BCUT2D eigenvalue weighted by Gasteiger charge is -2.10. The second-order valence-electron chi connectivity index (χ2n) is 2.71. The van der Waals surface area contributed by atoms with Crippen LogP contribution in [0.3, 0.4) is 0 Å². The van der Waals surface area contributed by atoms with Gasteiger partial charge < -0.3 is 20.1 Å². The van der Waals surface area contributed by atoms with Crippen LogP contribution in [0.1, 0.15) is 0 Å². The lowest BCUT2D eigenvalue weighted by atomic mass is 10.3. The molecule has 1 unspecified atom stereocenters. The van der Waals surface area contributed by atoms with E-state index >= 15 is 0 Å². The molecule has 82 valence electrons. The third kappa shape index (κ3) is 3.06. The van der Waals surface area contributed by atoms with Crippen molar-refractivity contribution in [2.75, 3.05) is 19.0 Å². The second kappa shape index (κ2) is 5.11. The van der Waals surface area contributed by atoms with Crippen LogP contribution in [0.4, 0.5) is 5.82 Å². The highest BCUT2D eigenvalue weighted by Gasteiger charge is 2.16. The largest absolute Gasteiger partial charge is 0.479 e. The average Bonchev–Trinajstić information content (AvgIpc) is 2.21. The van der Waals surface area contributed by atoms with Gasteiger partial charge in [-0.05, 0) is 0 Å². The summed E-state index contributed by atoms with van der Waals surface area (Å²) in [6.45, 7) is -0.0219. The van der Waals surface area contributed by atoms with E-state index in [1.54, 1.807) is 0 Å². The van der Waals surface area contributed by atoms with Gasteiger partial charge in [0.15, 0.2) is 11.9 Å². The first-order valence-corrected chi connectivity index (χ1v) is 4.18. The number of rotatable bonds is 5. The molecule has 7 heteroatoms. The number of hydrogen-bond donors (Lipinski definition) is 3. The van der Waals surface area contributed by atoms with Crippen molar-refractivity contribution in [3.05, 3.63) is 22.7 Å². The van der Waals surface area contributed by atoms with Crippen molar-refractivity contribution in [2.45, 2.75) is 6.10 Å². The maximum Gasteiger partial charge on any atom is 0.334 e. The zero-order chi connectivity index (χ0) is 11.3. The molecular formula is C8H11N3O4. The van der Waals surface area contributed by atoms with E-state index in [9.17, 15) is 9.59 Å². The fourth-order valence-corrected chi connectivity index (χ4v) is 0.939. The van der Waals surface area contributed by atoms with Gasteiger partial charge in [-0.1, -0.05) is 0 Å². The first-order chi connectivity index (χ1) is 7.15. The highest BCUT2D eigenvalue weighted by molar-refractivity contribution is 5.73. The summed E-state index contributed by atoms with van der Waals surface area (Å²) < 4.78 is 4.67. The summed E-state index contributed by atoms with van der Waals surface area (Å²) in [6.07, 6.45) is 1.77. The molecule has 1 atom stereocenters. The summed E-state index contributed by atoms with van der Waals surface area (Å²) in [5.41, 5.74) is -0.405. The summed E-state index contributed by atoms with van der Waals surface area (Å²) in [6, 6.07) is 0. The number of aromatic nitrogens is 2. The van der Waals surface area contributed by atoms with Crippen LogP contribution >= 0.6 is 0 Å². The van der Waals surface area contributed by atoms with Crippen LogP contribution in [-0.2, 0) is 9.53 Å². The lowest BCUT2D eigenvalue weighted by Crippen LogP contribution is -2.32. The van der Waals surface area contributed by atoms with Gasteiger partial charge in [-0.2, -0.15) is 0 Å². The molecule has 0 bridgehead atoms. The third-order valence-corrected chi connectivity index (χ3v) is 1.72. The van der Waals surface area contributed by atoms with Crippen molar-refractivity contribution in [3.63, 3.8) is 0 Å². The molecule has 0 amide bonds. The molecule has 7 nitrogen and oxygen atoms in total. The highest BCUT2D eigenvalue weighted by Crippen LogP contribution is 1.94. The van der Waals surface area contributed by atoms with E-state index in [4.69, 9.17) is 5.11 Å². The lowest BCUT2D eigenvalue weighted by molar-refractivity contribution is -0.147. The van der Waals surface area contributed by atoms with Gasteiger partial charge in [0, 0.05) is 19.5 Å². The number of aliphatic carboxylic acids is 1. The number of H-pyrrole nitrogens is 1. The molecule has 0 aliphatic carbocycles. The Morgan fingerprint density at radius 3 is 3.07 bits per heavy atom. The highest BCUT2D eigenvalue weighted by atomic mass is 16.5. The van der Waals surface area contributed by atoms with E-state index < -0.39 is 17.6 Å². The summed E-state index contributed by atoms with van der Waals surface area (Å²) in [7, 11) is 1.28. The molecule has 0 radical (unpaired) electrons. The Balaban J connectivity index is 2.61. The zero-order valence-corrected chi connectivity index (χ0v) is 8.06. The van der Waals surface area contributed by atoms with Gasteiger partial charge >= 0.3 is 5.97 Å². The van der Waals surface area contributed by atoms with Gasteiger partial charge in [-0.15, -0.1) is 0 Å². The van der Waals surface area contributed by atoms with Crippen LogP contribution < -0.4 is 10.9 Å². The Hall–Kier alpha value is -1.89. The van der Waals surface area contributed by atoms with Gasteiger partial charge in [0.2, 0.25) is 0 Å². The molecule has 1 aromatic heterocycles. The topological polar surface area (TPSA) is 104 Å². The number of methoxy groups -OCH3 is 1. The van der Waals surface area contributed by atoms with Crippen LogP contribution in [0, 0.1) is 0 Å². The third-order valence-electron chi connectivity index (χ3n) is 1.72. The molecule has 3 N–H and O–H groups in total. The molecule has 0 aliphatic heterocycles. The molecule has 15 heavy (non-hydrogen) atoms. The van der Waals surface area contributed by atoms with E-state index in [1.165, 1.54) is 19.5 Å². The van der Waals surface area contributed by atoms with E-state index in [2.05, 4.69) is 20.0 Å². The normalized spacial score (nSPS) is 12.1. The first-order valence-electron chi connectivity index (χ1n) is 4.18. The summed E-state index contributed by atoms with van der Waals surface area (Å²) in [5.74, 6) is -1.03. The number of carboxylic acids is 1. The number of aromatic amines is 1.